The van der Waals surface area contributed by atoms with Crippen LogP contribution >= 0.6 is 0 Å². The highest BCUT2D eigenvalue weighted by Gasteiger charge is 2.23. The first-order valence-electron chi connectivity index (χ1n) is 7.02. The van der Waals surface area contributed by atoms with Gasteiger partial charge in [-0.3, -0.25) is 13.9 Å². The van der Waals surface area contributed by atoms with Crippen molar-refractivity contribution in [2.24, 2.45) is 12.8 Å². The van der Waals surface area contributed by atoms with Crippen LogP contribution in [0.5, 0.6) is 0 Å². The molecule has 7 nitrogen and oxygen atoms in total. The molecule has 0 bridgehead atoms. The molecule has 0 aliphatic rings. The molecular weight excluding hydrogens is 270 g/mol. The zero-order valence-electron chi connectivity index (χ0n) is 13.5. The Hall–Kier alpha value is -1.89. The van der Waals surface area contributed by atoms with Crippen LogP contribution in [0.4, 0.5) is 0 Å². The number of nitrogens with zero attached hydrogens (tertiary/aromatic N) is 4. The maximum absolute atomic E-state index is 12.7. The molecule has 0 aliphatic heterocycles. The summed E-state index contributed by atoms with van der Waals surface area (Å²) in [6.45, 7) is 9.35. The molecule has 0 saturated carbocycles. The first-order chi connectivity index (χ1) is 9.54. The highest BCUT2D eigenvalue weighted by Crippen LogP contribution is 2.13. The predicted octanol–water partition coefficient (Wildman–Crippen LogP) is 0.523. The Bertz CT molecular complexity index is 802. The zero-order chi connectivity index (χ0) is 16.1. The second-order valence-corrected chi connectivity index (χ2v) is 6.52. The Morgan fingerprint density at radius 1 is 1.29 bits per heavy atom. The summed E-state index contributed by atoms with van der Waals surface area (Å²) in [5.74, 6) is 0.695. The van der Waals surface area contributed by atoms with E-state index in [0.29, 0.717) is 17.0 Å². The van der Waals surface area contributed by atoms with Crippen molar-refractivity contribution in [3.63, 3.8) is 0 Å². The molecule has 0 spiro atoms. The van der Waals surface area contributed by atoms with Crippen molar-refractivity contribution in [2.75, 3.05) is 0 Å². The molecule has 2 aromatic rings. The maximum atomic E-state index is 12.7. The van der Waals surface area contributed by atoms with Crippen LogP contribution in [0.3, 0.4) is 0 Å². The first-order valence-corrected chi connectivity index (χ1v) is 7.02. The van der Waals surface area contributed by atoms with Gasteiger partial charge in [-0.2, -0.15) is 0 Å². The molecule has 0 radical (unpaired) electrons. The molecule has 0 aromatic carbocycles. The Labute approximate surface area is 123 Å². The molecule has 0 amide bonds. The van der Waals surface area contributed by atoms with Gasteiger partial charge < -0.3 is 10.3 Å². The Balaban J connectivity index is 2.98. The van der Waals surface area contributed by atoms with Crippen molar-refractivity contribution in [1.29, 1.82) is 0 Å². The minimum Gasteiger partial charge on any atom is -0.325 e. The number of rotatable bonds is 3. The van der Waals surface area contributed by atoms with Gasteiger partial charge in [-0.1, -0.05) is 0 Å². The van der Waals surface area contributed by atoms with Gasteiger partial charge in [-0.05, 0) is 34.6 Å². The molecule has 116 valence electrons. The first kappa shape index (κ1) is 15.5. The summed E-state index contributed by atoms with van der Waals surface area (Å²) < 4.78 is 4.48. The highest BCUT2D eigenvalue weighted by atomic mass is 16.2. The van der Waals surface area contributed by atoms with Crippen LogP contribution in [-0.4, -0.2) is 24.2 Å². The molecule has 2 heterocycles. The second-order valence-electron chi connectivity index (χ2n) is 6.52. The number of imidazole rings is 1. The van der Waals surface area contributed by atoms with Gasteiger partial charge in [0.25, 0.3) is 5.56 Å². The summed E-state index contributed by atoms with van der Waals surface area (Å²) >= 11 is 0. The molecule has 7 heteroatoms. The van der Waals surface area contributed by atoms with Crippen molar-refractivity contribution in [2.45, 2.75) is 52.7 Å². The minimum atomic E-state index is -0.654. The molecule has 2 N–H and O–H groups in total. The molecule has 0 atom stereocenters. The standard InChI is InChI=1S/C14H23N5O2/c1-8(2)19-11-10(17(6)9(3)16-11)12(20)18(13(19)21)7-14(4,5)15/h8H,7,15H2,1-6H3. The fourth-order valence-electron chi connectivity index (χ4n) is 2.45. The van der Waals surface area contributed by atoms with Gasteiger partial charge in [0, 0.05) is 25.2 Å². The van der Waals surface area contributed by atoms with E-state index in [0.717, 1.165) is 0 Å². The Kier molecular flexibility index (Phi) is 3.57. The van der Waals surface area contributed by atoms with Gasteiger partial charge in [-0.15, -0.1) is 0 Å². The minimum absolute atomic E-state index is 0.0953. The van der Waals surface area contributed by atoms with Crippen molar-refractivity contribution >= 4 is 11.2 Å². The summed E-state index contributed by atoms with van der Waals surface area (Å²) in [6.07, 6.45) is 0. The Morgan fingerprint density at radius 2 is 1.86 bits per heavy atom. The van der Waals surface area contributed by atoms with Crippen LogP contribution in [0, 0.1) is 6.92 Å². The van der Waals surface area contributed by atoms with E-state index >= 15 is 0 Å². The van der Waals surface area contributed by atoms with Crippen molar-refractivity contribution in [3.8, 4) is 0 Å². The van der Waals surface area contributed by atoms with Crippen LogP contribution < -0.4 is 17.0 Å². The summed E-state index contributed by atoms with van der Waals surface area (Å²) in [5.41, 5.74) is 5.50. The van der Waals surface area contributed by atoms with Crippen LogP contribution in [0.2, 0.25) is 0 Å². The average Bonchev–Trinajstić information content (AvgIpc) is 2.59. The highest BCUT2D eigenvalue weighted by molar-refractivity contribution is 5.71. The lowest BCUT2D eigenvalue weighted by molar-refractivity contribution is 0.402. The average molecular weight is 293 g/mol. The van der Waals surface area contributed by atoms with E-state index in [2.05, 4.69) is 4.98 Å². The van der Waals surface area contributed by atoms with Crippen LogP contribution in [0.1, 0.15) is 39.6 Å². The second kappa shape index (κ2) is 4.84. The van der Waals surface area contributed by atoms with E-state index in [-0.39, 0.29) is 23.8 Å². The molecule has 0 unspecified atom stereocenters. The topological polar surface area (TPSA) is 87.8 Å². The molecule has 21 heavy (non-hydrogen) atoms. The monoisotopic (exact) mass is 293 g/mol. The summed E-state index contributed by atoms with van der Waals surface area (Å²) in [4.78, 5) is 29.7. The largest absolute Gasteiger partial charge is 0.333 e. The zero-order valence-corrected chi connectivity index (χ0v) is 13.5. The van der Waals surface area contributed by atoms with Gasteiger partial charge in [0.05, 0.1) is 0 Å². The number of nitrogens with two attached hydrogens (primary N) is 1. The predicted molar refractivity (Wildman–Crippen MR) is 82.6 cm³/mol. The van der Waals surface area contributed by atoms with Gasteiger partial charge in [-0.25, -0.2) is 9.78 Å². The lowest BCUT2D eigenvalue weighted by Crippen LogP contribution is -2.48. The number of aryl methyl sites for hydroxylation is 2. The third-order valence-corrected chi connectivity index (χ3v) is 3.50. The van der Waals surface area contributed by atoms with Crippen LogP contribution in [-0.2, 0) is 13.6 Å². The summed E-state index contributed by atoms with van der Waals surface area (Å²) in [7, 11) is 1.78. The lowest BCUT2D eigenvalue weighted by atomic mass is 10.1. The van der Waals surface area contributed by atoms with Gasteiger partial charge in [0.15, 0.2) is 11.2 Å². The summed E-state index contributed by atoms with van der Waals surface area (Å²) in [6, 6.07) is -0.0953. The van der Waals surface area contributed by atoms with Crippen molar-refractivity contribution < 1.29 is 0 Å². The van der Waals surface area contributed by atoms with Crippen molar-refractivity contribution in [3.05, 3.63) is 26.7 Å². The maximum Gasteiger partial charge on any atom is 0.333 e. The lowest BCUT2D eigenvalue weighted by Gasteiger charge is -2.21. The number of hydrogen-bond acceptors (Lipinski definition) is 4. The van der Waals surface area contributed by atoms with Crippen molar-refractivity contribution in [1.82, 2.24) is 18.7 Å². The SMILES string of the molecule is Cc1nc2c(c(=O)n(CC(C)(C)N)c(=O)n2C(C)C)n1C. The van der Waals surface area contributed by atoms with Crippen LogP contribution in [0.15, 0.2) is 9.59 Å². The van der Waals surface area contributed by atoms with E-state index in [1.165, 1.54) is 4.57 Å². The van der Waals surface area contributed by atoms with Gasteiger partial charge in [0.1, 0.15) is 5.82 Å². The number of fused-ring (bicyclic) bond motifs is 1. The molecule has 2 aromatic heterocycles. The van der Waals surface area contributed by atoms with E-state index in [1.807, 2.05) is 20.8 Å². The molecular formula is C14H23N5O2. The van der Waals surface area contributed by atoms with E-state index in [4.69, 9.17) is 5.73 Å². The number of aromatic nitrogens is 4. The third kappa shape index (κ3) is 2.53. The van der Waals surface area contributed by atoms with E-state index in [1.54, 1.807) is 30.0 Å². The fourth-order valence-corrected chi connectivity index (χ4v) is 2.45. The van der Waals surface area contributed by atoms with Crippen LogP contribution in [0.25, 0.3) is 11.2 Å². The summed E-state index contributed by atoms with van der Waals surface area (Å²) in [5, 5.41) is 0. The number of hydrogen-bond donors (Lipinski definition) is 1. The molecule has 0 fully saturated rings. The van der Waals surface area contributed by atoms with E-state index in [9.17, 15) is 9.59 Å². The Morgan fingerprint density at radius 3 is 2.33 bits per heavy atom. The normalized spacial score (nSPS) is 12.6. The molecule has 2 rings (SSSR count). The van der Waals surface area contributed by atoms with E-state index < -0.39 is 5.54 Å². The molecule has 0 saturated heterocycles. The molecule has 0 aliphatic carbocycles. The third-order valence-electron chi connectivity index (χ3n) is 3.50. The quantitative estimate of drug-likeness (QED) is 0.894. The smallest absolute Gasteiger partial charge is 0.325 e. The van der Waals surface area contributed by atoms with Gasteiger partial charge in [0.2, 0.25) is 0 Å². The fraction of sp³-hybridized carbons (Fsp3) is 0.643. The van der Waals surface area contributed by atoms with Gasteiger partial charge >= 0.3 is 5.69 Å².